The van der Waals surface area contributed by atoms with Crippen LogP contribution in [0.15, 0.2) is 47.4 Å². The third-order valence-corrected chi connectivity index (χ3v) is 9.47. The molecule has 2 aromatic carbocycles. The van der Waals surface area contributed by atoms with Gasteiger partial charge in [0.05, 0.1) is 40.0 Å². The minimum atomic E-state index is -3.98. The molecule has 2 aliphatic rings. The number of carbonyl (C=O) groups excluding carboxylic acids is 1. The van der Waals surface area contributed by atoms with Crippen LogP contribution in [0, 0.1) is 17.8 Å². The van der Waals surface area contributed by atoms with Crippen LogP contribution in [0.5, 0.6) is 11.5 Å². The lowest BCUT2D eigenvalue weighted by atomic mass is 10.0. The molecule has 2 aliphatic heterocycles. The second-order valence-electron chi connectivity index (χ2n) is 10.5. The topological polar surface area (TPSA) is 109 Å². The van der Waals surface area contributed by atoms with Crippen LogP contribution in [0.1, 0.15) is 25.0 Å². The zero-order valence-electron chi connectivity index (χ0n) is 24.1. The minimum Gasteiger partial charge on any atom is -0.497 e. The van der Waals surface area contributed by atoms with Crippen LogP contribution in [0.25, 0.3) is 0 Å². The van der Waals surface area contributed by atoms with Crippen molar-refractivity contribution < 1.29 is 32.5 Å². The van der Waals surface area contributed by atoms with Crippen molar-refractivity contribution in [3.05, 3.63) is 53.6 Å². The fraction of sp³-hybridized carbons (Fsp3) is 0.500. The summed E-state index contributed by atoms with van der Waals surface area (Å²) in [6.07, 6.45) is -0.499. The van der Waals surface area contributed by atoms with E-state index in [1.807, 2.05) is 31.2 Å². The second-order valence-corrected chi connectivity index (χ2v) is 12.4. The molecular formula is C30H39N3O7S. The van der Waals surface area contributed by atoms with Crippen molar-refractivity contribution >= 4 is 15.9 Å². The van der Waals surface area contributed by atoms with Crippen molar-refractivity contribution in [1.82, 2.24) is 14.1 Å². The molecule has 4 rings (SSSR count). The Hall–Kier alpha value is -3.14. The van der Waals surface area contributed by atoms with Gasteiger partial charge in [0.15, 0.2) is 0 Å². The predicted octanol–water partition coefficient (Wildman–Crippen LogP) is 1.65. The summed E-state index contributed by atoms with van der Waals surface area (Å²) < 4.78 is 45.8. The van der Waals surface area contributed by atoms with Crippen LogP contribution in [0.4, 0.5) is 0 Å². The smallest absolute Gasteiger partial charge is 0.247 e. The average molecular weight is 586 g/mol. The molecule has 1 N–H and O–H groups in total. The normalized spacial score (nSPS) is 21.7. The quantitative estimate of drug-likeness (QED) is 0.489. The van der Waals surface area contributed by atoms with Crippen LogP contribution >= 0.6 is 0 Å². The Bertz CT molecular complexity index is 1360. The molecule has 41 heavy (non-hydrogen) atoms. The van der Waals surface area contributed by atoms with Gasteiger partial charge in [0.2, 0.25) is 15.9 Å². The number of aliphatic hydroxyl groups excluding tert-OH is 1. The molecule has 0 saturated carbocycles. The Morgan fingerprint density at radius 1 is 1.15 bits per heavy atom. The molecule has 0 radical (unpaired) electrons. The number of benzene rings is 2. The number of aliphatic hydroxyl groups is 1. The van der Waals surface area contributed by atoms with Crippen LogP contribution < -0.4 is 9.47 Å². The Morgan fingerprint density at radius 2 is 1.80 bits per heavy atom. The van der Waals surface area contributed by atoms with Crippen molar-refractivity contribution in [2.45, 2.75) is 30.9 Å². The summed E-state index contributed by atoms with van der Waals surface area (Å²) >= 11 is 0. The third kappa shape index (κ3) is 7.58. The highest BCUT2D eigenvalue weighted by molar-refractivity contribution is 7.89. The van der Waals surface area contributed by atoms with E-state index in [0.717, 1.165) is 11.3 Å². The largest absolute Gasteiger partial charge is 0.497 e. The fourth-order valence-electron chi connectivity index (χ4n) is 4.78. The highest BCUT2D eigenvalue weighted by Crippen LogP contribution is 2.34. The highest BCUT2D eigenvalue weighted by Gasteiger charge is 2.38. The number of methoxy groups -OCH3 is 1. The molecule has 0 unspecified atom stereocenters. The van der Waals surface area contributed by atoms with E-state index in [1.165, 1.54) is 10.4 Å². The second kappa shape index (κ2) is 13.7. The van der Waals surface area contributed by atoms with Crippen LogP contribution in [-0.2, 0) is 19.6 Å². The van der Waals surface area contributed by atoms with E-state index >= 15 is 0 Å². The van der Waals surface area contributed by atoms with Gasteiger partial charge in [-0.05, 0) is 49.4 Å². The number of hydrogen-bond acceptors (Lipinski definition) is 8. The van der Waals surface area contributed by atoms with Gasteiger partial charge in [-0.25, -0.2) is 8.42 Å². The lowest BCUT2D eigenvalue weighted by molar-refractivity contribution is -0.133. The molecule has 1 fully saturated rings. The van der Waals surface area contributed by atoms with Crippen molar-refractivity contribution in [3.63, 3.8) is 0 Å². The van der Waals surface area contributed by atoms with Crippen molar-refractivity contribution in [2.24, 2.45) is 5.92 Å². The Kier molecular flexibility index (Phi) is 10.3. The van der Waals surface area contributed by atoms with Crippen molar-refractivity contribution in [2.75, 3.05) is 66.7 Å². The van der Waals surface area contributed by atoms with Crippen molar-refractivity contribution in [3.8, 4) is 23.3 Å². The molecule has 2 heterocycles. The molecule has 0 aliphatic carbocycles. The molecule has 0 bridgehead atoms. The molecule has 11 heteroatoms. The number of ether oxygens (including phenoxy) is 3. The SMILES string of the molecule is COc1ccc(C#Cc2ccc3c(c2)O[C@@H](CN(C)C(=O)CN2CCOCC2)[C@@H](C)CN([C@H](C)CO)S3(=O)=O)cc1. The third-order valence-electron chi connectivity index (χ3n) is 7.45. The van der Waals surface area contributed by atoms with E-state index in [0.29, 0.717) is 31.9 Å². The van der Waals surface area contributed by atoms with Crippen LogP contribution in [0.3, 0.4) is 0 Å². The first-order chi connectivity index (χ1) is 19.6. The monoisotopic (exact) mass is 585 g/mol. The van der Waals surface area contributed by atoms with Gasteiger partial charge in [0, 0.05) is 49.8 Å². The first-order valence-electron chi connectivity index (χ1n) is 13.8. The molecular weight excluding hydrogens is 546 g/mol. The lowest BCUT2D eigenvalue weighted by Crippen LogP contribution is -2.51. The average Bonchev–Trinajstić information content (AvgIpc) is 2.98. The van der Waals surface area contributed by atoms with E-state index in [1.54, 1.807) is 38.1 Å². The number of fused-ring (bicyclic) bond motifs is 1. The Morgan fingerprint density at radius 3 is 2.46 bits per heavy atom. The maximum absolute atomic E-state index is 13.7. The number of amides is 1. The van der Waals surface area contributed by atoms with Gasteiger partial charge in [0.1, 0.15) is 22.5 Å². The summed E-state index contributed by atoms with van der Waals surface area (Å²) in [5.74, 6) is 6.76. The standard InChI is InChI=1S/C30H39N3O7S/c1-22-18-33(23(2)21-34)41(36,37)29-12-9-25(6-5-24-7-10-26(38-4)11-8-24)17-27(29)40-28(22)19-31(3)30(35)20-32-13-15-39-16-14-32/h7-12,17,22-23,28,34H,13-16,18-21H2,1-4H3/t22-,23+,28-/m0/s1. The molecule has 0 aromatic heterocycles. The summed E-state index contributed by atoms with van der Waals surface area (Å²) in [6, 6.07) is 11.5. The zero-order valence-corrected chi connectivity index (χ0v) is 24.9. The lowest BCUT2D eigenvalue weighted by Gasteiger charge is -2.38. The van der Waals surface area contributed by atoms with E-state index in [9.17, 15) is 18.3 Å². The summed E-state index contributed by atoms with van der Waals surface area (Å²) in [6.45, 7) is 6.56. The summed E-state index contributed by atoms with van der Waals surface area (Å²) in [7, 11) is -0.644. The molecule has 222 valence electrons. The van der Waals surface area contributed by atoms with E-state index in [2.05, 4.69) is 16.7 Å². The van der Waals surface area contributed by atoms with Gasteiger partial charge < -0.3 is 24.2 Å². The van der Waals surface area contributed by atoms with Gasteiger partial charge in [-0.3, -0.25) is 9.69 Å². The first-order valence-corrected chi connectivity index (χ1v) is 15.2. The molecule has 1 amide bonds. The Labute approximate surface area is 242 Å². The van der Waals surface area contributed by atoms with E-state index in [-0.39, 0.29) is 48.7 Å². The number of hydrogen-bond donors (Lipinski definition) is 1. The van der Waals surface area contributed by atoms with Gasteiger partial charge in [-0.15, -0.1) is 0 Å². The van der Waals surface area contributed by atoms with Gasteiger partial charge in [0.25, 0.3) is 0 Å². The number of likely N-dealkylation sites (N-methyl/N-ethyl adjacent to an activating group) is 1. The zero-order chi connectivity index (χ0) is 29.6. The molecule has 3 atom stereocenters. The molecule has 0 spiro atoms. The molecule has 2 aromatic rings. The van der Waals surface area contributed by atoms with E-state index in [4.69, 9.17) is 14.2 Å². The predicted molar refractivity (Wildman–Crippen MR) is 154 cm³/mol. The number of carbonyl (C=O) groups is 1. The minimum absolute atomic E-state index is 0.00648. The summed E-state index contributed by atoms with van der Waals surface area (Å²) in [5, 5.41) is 9.88. The molecule has 1 saturated heterocycles. The molecule has 10 nitrogen and oxygen atoms in total. The van der Waals surface area contributed by atoms with Crippen LogP contribution in [-0.4, -0.2) is 112 Å². The van der Waals surface area contributed by atoms with Crippen LogP contribution in [0.2, 0.25) is 0 Å². The number of sulfonamides is 1. The fourth-order valence-corrected chi connectivity index (χ4v) is 6.61. The summed E-state index contributed by atoms with van der Waals surface area (Å²) in [4.78, 5) is 16.8. The first kappa shape index (κ1) is 30.8. The van der Waals surface area contributed by atoms with E-state index < -0.39 is 22.2 Å². The maximum atomic E-state index is 13.7. The van der Waals surface area contributed by atoms with Gasteiger partial charge in [-0.2, -0.15) is 4.31 Å². The number of rotatable bonds is 7. The number of morpholine rings is 1. The Balaban J connectivity index is 1.63. The number of nitrogens with zero attached hydrogens (tertiary/aromatic N) is 3. The summed E-state index contributed by atoms with van der Waals surface area (Å²) in [5.41, 5.74) is 1.36. The van der Waals surface area contributed by atoms with Crippen molar-refractivity contribution in [1.29, 1.82) is 0 Å². The highest BCUT2D eigenvalue weighted by atomic mass is 32.2. The van der Waals surface area contributed by atoms with Gasteiger partial charge >= 0.3 is 0 Å². The van der Waals surface area contributed by atoms with Gasteiger partial charge in [-0.1, -0.05) is 18.8 Å². The maximum Gasteiger partial charge on any atom is 0.247 e.